The Bertz CT molecular complexity index is 964. The number of ether oxygens (including phenoxy) is 1. The van der Waals surface area contributed by atoms with Gasteiger partial charge >= 0.3 is 5.97 Å². The summed E-state index contributed by atoms with van der Waals surface area (Å²) < 4.78 is 5.67. The Balaban J connectivity index is 1.90. The van der Waals surface area contributed by atoms with E-state index >= 15 is 0 Å². The van der Waals surface area contributed by atoms with Crippen molar-refractivity contribution in [1.29, 1.82) is 0 Å². The van der Waals surface area contributed by atoms with E-state index in [4.69, 9.17) is 4.74 Å². The van der Waals surface area contributed by atoms with Crippen LogP contribution in [0, 0.1) is 0 Å². The first-order chi connectivity index (χ1) is 11.3. The van der Waals surface area contributed by atoms with Crippen molar-refractivity contribution in [2.45, 2.75) is 0 Å². The molecule has 1 aliphatic heterocycles. The van der Waals surface area contributed by atoms with E-state index in [1.807, 2.05) is 48.5 Å². The lowest BCUT2D eigenvalue weighted by atomic mass is 9.98. The van der Waals surface area contributed by atoms with Gasteiger partial charge in [0.1, 0.15) is 5.76 Å². The molecule has 3 aromatic rings. The van der Waals surface area contributed by atoms with Crippen LogP contribution in [0.2, 0.25) is 0 Å². The maximum absolute atomic E-state index is 12.2. The van der Waals surface area contributed by atoms with Crippen LogP contribution in [0.3, 0.4) is 0 Å². The number of fused-ring (bicyclic) bond motifs is 4. The number of benzene rings is 3. The highest BCUT2D eigenvalue weighted by molar-refractivity contribution is 6.15. The molecule has 0 aromatic heterocycles. The van der Waals surface area contributed by atoms with E-state index in [0.29, 0.717) is 11.3 Å². The second kappa shape index (κ2) is 4.43. The molecule has 0 saturated heterocycles. The Kier molecular flexibility index (Phi) is 2.39. The van der Waals surface area contributed by atoms with Gasteiger partial charge in [-0.1, -0.05) is 66.7 Å². The van der Waals surface area contributed by atoms with Crippen LogP contribution in [0.25, 0.3) is 22.5 Å². The monoisotopic (exact) mass is 296 g/mol. The summed E-state index contributed by atoms with van der Waals surface area (Å²) in [5.41, 5.74) is 7.13. The molecule has 2 nitrogen and oxygen atoms in total. The summed E-state index contributed by atoms with van der Waals surface area (Å²) in [6, 6.07) is 24.1. The van der Waals surface area contributed by atoms with Crippen molar-refractivity contribution in [3.05, 3.63) is 95.1 Å². The Morgan fingerprint density at radius 1 is 0.522 bits per heavy atom. The molecule has 0 amide bonds. The maximum atomic E-state index is 12.2. The van der Waals surface area contributed by atoms with E-state index < -0.39 is 0 Å². The number of hydrogen-bond donors (Lipinski definition) is 0. The summed E-state index contributed by atoms with van der Waals surface area (Å²) in [7, 11) is 0. The molecule has 0 atom stereocenters. The largest absolute Gasteiger partial charge is 0.422 e. The molecule has 2 aliphatic rings. The summed E-state index contributed by atoms with van der Waals surface area (Å²) in [5, 5.41) is 0. The van der Waals surface area contributed by atoms with Crippen molar-refractivity contribution in [3.8, 4) is 11.1 Å². The second-order valence-electron chi connectivity index (χ2n) is 5.73. The Labute approximate surface area is 133 Å². The number of rotatable bonds is 0. The minimum atomic E-state index is -0.273. The van der Waals surface area contributed by atoms with Crippen LogP contribution in [0.15, 0.2) is 72.8 Å². The Hall–Kier alpha value is -3.13. The summed E-state index contributed by atoms with van der Waals surface area (Å²) in [6.07, 6.45) is 0. The third-order valence-corrected chi connectivity index (χ3v) is 4.50. The van der Waals surface area contributed by atoms with Gasteiger partial charge in [0.05, 0.1) is 5.56 Å². The van der Waals surface area contributed by atoms with Crippen molar-refractivity contribution in [2.75, 3.05) is 0 Å². The second-order valence-corrected chi connectivity index (χ2v) is 5.73. The average molecular weight is 296 g/mol. The van der Waals surface area contributed by atoms with Crippen LogP contribution in [0.1, 0.15) is 27.0 Å². The normalized spacial score (nSPS) is 14.3. The van der Waals surface area contributed by atoms with Crippen LogP contribution in [-0.4, -0.2) is 5.97 Å². The van der Waals surface area contributed by atoms with Gasteiger partial charge in [0, 0.05) is 11.1 Å². The number of hydrogen-bond acceptors (Lipinski definition) is 2. The van der Waals surface area contributed by atoms with Crippen molar-refractivity contribution < 1.29 is 9.53 Å². The lowest BCUT2D eigenvalue weighted by Crippen LogP contribution is -1.93. The first-order valence-corrected chi connectivity index (χ1v) is 7.59. The minimum absolute atomic E-state index is 0.273. The van der Waals surface area contributed by atoms with Gasteiger partial charge < -0.3 is 4.74 Å². The van der Waals surface area contributed by atoms with Gasteiger partial charge in [0.2, 0.25) is 0 Å². The molecule has 108 valence electrons. The standard InChI is InChI=1S/C21H12O2/c22-21-18-12-6-5-11-17(18)20(23-21)19-15-9-3-1-7-13(15)14-8-2-4-10-16(14)19/h1-12H. The maximum Gasteiger partial charge on any atom is 0.344 e. The number of esters is 1. The molecule has 0 bridgehead atoms. The third kappa shape index (κ3) is 1.60. The summed E-state index contributed by atoms with van der Waals surface area (Å²) in [4.78, 5) is 12.2. The van der Waals surface area contributed by atoms with Crippen LogP contribution in [-0.2, 0) is 4.74 Å². The number of cyclic esters (lactones) is 1. The third-order valence-electron chi connectivity index (χ3n) is 4.50. The van der Waals surface area contributed by atoms with Crippen LogP contribution >= 0.6 is 0 Å². The van der Waals surface area contributed by atoms with E-state index in [1.54, 1.807) is 0 Å². The zero-order valence-corrected chi connectivity index (χ0v) is 12.2. The van der Waals surface area contributed by atoms with Crippen molar-refractivity contribution in [2.24, 2.45) is 0 Å². The molecule has 1 heterocycles. The molecular formula is C21H12O2. The smallest absolute Gasteiger partial charge is 0.344 e. The van der Waals surface area contributed by atoms with Crippen LogP contribution in [0.4, 0.5) is 0 Å². The molecule has 0 unspecified atom stereocenters. The van der Waals surface area contributed by atoms with E-state index in [1.165, 1.54) is 11.1 Å². The van der Waals surface area contributed by atoms with E-state index in [0.717, 1.165) is 22.3 Å². The van der Waals surface area contributed by atoms with Gasteiger partial charge in [0.25, 0.3) is 0 Å². The number of carbonyl (C=O) groups excluding carboxylic acids is 1. The predicted octanol–water partition coefficient (Wildman–Crippen LogP) is 4.75. The van der Waals surface area contributed by atoms with E-state index in [2.05, 4.69) is 24.3 Å². The van der Waals surface area contributed by atoms with E-state index in [9.17, 15) is 4.79 Å². The highest BCUT2D eigenvalue weighted by atomic mass is 16.5. The first-order valence-electron chi connectivity index (χ1n) is 7.59. The van der Waals surface area contributed by atoms with Gasteiger partial charge in [0.15, 0.2) is 0 Å². The molecule has 2 heteroatoms. The molecule has 3 aromatic carbocycles. The summed E-state index contributed by atoms with van der Waals surface area (Å²) in [6.45, 7) is 0. The highest BCUT2D eigenvalue weighted by Gasteiger charge is 2.33. The fourth-order valence-corrected chi connectivity index (χ4v) is 3.51. The van der Waals surface area contributed by atoms with Crippen molar-refractivity contribution >= 4 is 17.3 Å². The van der Waals surface area contributed by atoms with Crippen LogP contribution in [0.5, 0.6) is 0 Å². The van der Waals surface area contributed by atoms with Gasteiger partial charge in [-0.05, 0) is 28.3 Å². The molecule has 0 N–H and O–H groups in total. The Morgan fingerprint density at radius 2 is 0.957 bits per heavy atom. The van der Waals surface area contributed by atoms with Crippen LogP contribution < -0.4 is 0 Å². The van der Waals surface area contributed by atoms with Gasteiger partial charge in [-0.2, -0.15) is 0 Å². The van der Waals surface area contributed by atoms with Crippen molar-refractivity contribution in [1.82, 2.24) is 0 Å². The zero-order chi connectivity index (χ0) is 15.4. The number of carbonyl (C=O) groups is 1. The highest BCUT2D eigenvalue weighted by Crippen LogP contribution is 2.49. The minimum Gasteiger partial charge on any atom is -0.422 e. The van der Waals surface area contributed by atoms with Crippen molar-refractivity contribution in [3.63, 3.8) is 0 Å². The molecular weight excluding hydrogens is 284 g/mol. The topological polar surface area (TPSA) is 26.3 Å². The first kappa shape index (κ1) is 12.4. The van der Waals surface area contributed by atoms with E-state index in [-0.39, 0.29) is 5.97 Å². The lowest BCUT2D eigenvalue weighted by molar-refractivity contribution is 0.0716. The fraction of sp³-hybridized carbons (Fsp3) is 0. The predicted molar refractivity (Wildman–Crippen MR) is 89.7 cm³/mol. The fourth-order valence-electron chi connectivity index (χ4n) is 3.51. The van der Waals surface area contributed by atoms with Gasteiger partial charge in [-0.3, -0.25) is 0 Å². The SMILES string of the molecule is O=C1OC(=C2c3ccccc3-c3ccccc32)c2ccccc21. The lowest BCUT2D eigenvalue weighted by Gasteiger charge is -2.07. The molecule has 0 radical (unpaired) electrons. The average Bonchev–Trinajstić information content (AvgIpc) is 3.11. The van der Waals surface area contributed by atoms with Gasteiger partial charge in [-0.25, -0.2) is 4.79 Å². The molecule has 0 saturated carbocycles. The zero-order valence-electron chi connectivity index (χ0n) is 12.2. The molecule has 0 spiro atoms. The molecule has 5 rings (SSSR count). The molecule has 1 aliphatic carbocycles. The molecule has 0 fully saturated rings. The van der Waals surface area contributed by atoms with Gasteiger partial charge in [-0.15, -0.1) is 0 Å². The summed E-state index contributed by atoms with van der Waals surface area (Å²) in [5.74, 6) is 0.396. The summed E-state index contributed by atoms with van der Waals surface area (Å²) >= 11 is 0. The molecule has 23 heavy (non-hydrogen) atoms. The Morgan fingerprint density at radius 3 is 1.52 bits per heavy atom. The quantitative estimate of drug-likeness (QED) is 0.438.